The van der Waals surface area contributed by atoms with Gasteiger partial charge in [0, 0.05) is 12.3 Å². The molecule has 3 rings (SSSR count). The molecule has 0 N–H and O–H groups in total. The Bertz CT molecular complexity index is 1460. The van der Waals surface area contributed by atoms with Crippen LogP contribution in [0.25, 0.3) is 16.3 Å². The predicted octanol–water partition coefficient (Wildman–Crippen LogP) is 2.45. The van der Waals surface area contributed by atoms with Gasteiger partial charge in [-0.15, -0.1) is 0 Å². The molecule has 0 saturated heterocycles. The molecule has 0 aliphatic heterocycles. The Kier molecular flexibility index (Phi) is 7.97. The van der Waals surface area contributed by atoms with Crippen molar-refractivity contribution in [2.24, 2.45) is 4.99 Å². The van der Waals surface area contributed by atoms with Gasteiger partial charge in [0.2, 0.25) is 5.75 Å². The third kappa shape index (κ3) is 5.89. The second kappa shape index (κ2) is 10.7. The number of fused-ring (bicyclic) bond motifs is 1. The van der Waals surface area contributed by atoms with E-state index in [1.807, 2.05) is 0 Å². The number of nitrogens with zero attached hydrogens (tertiary/aromatic N) is 2. The molecule has 0 bridgehead atoms. The highest BCUT2D eigenvalue weighted by molar-refractivity contribution is 7.90. The Hall–Kier alpha value is -3.64. The zero-order valence-corrected chi connectivity index (χ0v) is 21.4. The first-order valence-corrected chi connectivity index (χ1v) is 12.8. The number of hydrogen-bond acceptors (Lipinski definition) is 9. The summed E-state index contributed by atoms with van der Waals surface area (Å²) < 4.78 is 46.6. The Labute approximate surface area is 205 Å². The number of thiazole rings is 1. The van der Waals surface area contributed by atoms with Gasteiger partial charge in [0.15, 0.2) is 26.1 Å². The molecule has 186 valence electrons. The van der Waals surface area contributed by atoms with Gasteiger partial charge in [0.05, 0.1) is 43.6 Å². The molecule has 0 unspecified atom stereocenters. The maximum absolute atomic E-state index is 12.7. The minimum Gasteiger partial charge on any atom is -0.493 e. The number of benzene rings is 2. The lowest BCUT2D eigenvalue weighted by atomic mass is 10.1. The van der Waals surface area contributed by atoms with Crippen molar-refractivity contribution in [3.05, 3.63) is 46.8 Å². The summed E-state index contributed by atoms with van der Waals surface area (Å²) in [6, 6.07) is 7.84. The minimum atomic E-state index is -3.44. The molecule has 0 atom stereocenters. The van der Waals surface area contributed by atoms with Crippen LogP contribution in [0.3, 0.4) is 0 Å². The van der Waals surface area contributed by atoms with E-state index in [0.29, 0.717) is 33.0 Å². The number of rotatable bonds is 8. The van der Waals surface area contributed by atoms with Crippen molar-refractivity contribution in [3.63, 3.8) is 0 Å². The number of carbonyl (C=O) groups excluding carboxylic acids is 2. The molecule has 0 aliphatic carbocycles. The predicted molar refractivity (Wildman–Crippen MR) is 131 cm³/mol. The van der Waals surface area contributed by atoms with Gasteiger partial charge < -0.3 is 23.5 Å². The fraction of sp³-hybridized carbons (Fsp3) is 0.261. The van der Waals surface area contributed by atoms with Gasteiger partial charge in [-0.2, -0.15) is 4.99 Å². The van der Waals surface area contributed by atoms with Crippen molar-refractivity contribution in [2.75, 3.05) is 34.7 Å². The van der Waals surface area contributed by atoms with E-state index in [0.717, 1.165) is 17.6 Å². The molecule has 1 aromatic heterocycles. The monoisotopic (exact) mass is 520 g/mol. The van der Waals surface area contributed by atoms with Gasteiger partial charge in [0.25, 0.3) is 5.91 Å². The fourth-order valence-corrected chi connectivity index (χ4v) is 5.01. The van der Waals surface area contributed by atoms with Crippen molar-refractivity contribution in [3.8, 4) is 17.2 Å². The third-order valence-electron chi connectivity index (χ3n) is 4.91. The van der Waals surface area contributed by atoms with E-state index >= 15 is 0 Å². The van der Waals surface area contributed by atoms with Crippen LogP contribution in [0.1, 0.15) is 5.56 Å². The van der Waals surface area contributed by atoms with Crippen LogP contribution in [-0.2, 0) is 30.7 Å². The highest BCUT2D eigenvalue weighted by atomic mass is 32.2. The molecule has 0 fully saturated rings. The fourth-order valence-electron chi connectivity index (χ4n) is 3.21. The number of hydrogen-bond donors (Lipinski definition) is 0. The van der Waals surface area contributed by atoms with Gasteiger partial charge in [-0.3, -0.25) is 9.59 Å². The summed E-state index contributed by atoms with van der Waals surface area (Å²) >= 11 is 1.09. The number of amides is 1. The summed E-state index contributed by atoms with van der Waals surface area (Å²) in [4.78, 5) is 29.1. The van der Waals surface area contributed by atoms with Crippen molar-refractivity contribution < 1.29 is 37.0 Å². The van der Waals surface area contributed by atoms with Crippen molar-refractivity contribution in [1.29, 1.82) is 0 Å². The summed E-state index contributed by atoms with van der Waals surface area (Å²) in [5, 5.41) is 0. The molecule has 2 aromatic carbocycles. The van der Waals surface area contributed by atoms with Crippen LogP contribution in [0.2, 0.25) is 0 Å². The van der Waals surface area contributed by atoms with Crippen LogP contribution >= 0.6 is 11.3 Å². The molecular weight excluding hydrogens is 496 g/mol. The van der Waals surface area contributed by atoms with E-state index in [1.54, 1.807) is 18.2 Å². The quantitative estimate of drug-likeness (QED) is 0.328. The number of aromatic nitrogens is 1. The van der Waals surface area contributed by atoms with E-state index in [4.69, 9.17) is 18.9 Å². The normalized spacial score (nSPS) is 12.2. The summed E-state index contributed by atoms with van der Waals surface area (Å²) in [7, 11) is 2.28. The zero-order valence-electron chi connectivity index (χ0n) is 19.7. The maximum atomic E-state index is 12.7. The zero-order chi connectivity index (χ0) is 25.8. The van der Waals surface area contributed by atoms with Crippen molar-refractivity contribution in [2.45, 2.75) is 11.4 Å². The molecule has 3 aromatic rings. The molecule has 10 nitrogen and oxygen atoms in total. The van der Waals surface area contributed by atoms with E-state index in [2.05, 4.69) is 4.99 Å². The lowest BCUT2D eigenvalue weighted by Crippen LogP contribution is -2.22. The number of sulfone groups is 1. The van der Waals surface area contributed by atoms with E-state index in [1.165, 1.54) is 57.3 Å². The average Bonchev–Trinajstić information content (AvgIpc) is 3.16. The lowest BCUT2D eigenvalue weighted by Gasteiger charge is -2.12. The molecule has 1 heterocycles. The van der Waals surface area contributed by atoms with Gasteiger partial charge in [0.1, 0.15) is 6.54 Å². The highest BCUT2D eigenvalue weighted by Crippen LogP contribution is 2.38. The van der Waals surface area contributed by atoms with E-state index in [9.17, 15) is 18.0 Å². The number of methoxy groups -OCH3 is 4. The van der Waals surface area contributed by atoms with Gasteiger partial charge >= 0.3 is 5.97 Å². The van der Waals surface area contributed by atoms with Gasteiger partial charge in [-0.05, 0) is 42.0 Å². The lowest BCUT2D eigenvalue weighted by molar-refractivity contribution is -0.141. The SMILES string of the molecule is COC(=O)Cn1c(=NC(=O)/C=C\c2cc(OC)c(OC)c(OC)c2)sc2cc(S(C)(=O)=O)ccc21. The summed E-state index contributed by atoms with van der Waals surface area (Å²) in [6.45, 7) is -0.197. The van der Waals surface area contributed by atoms with E-state index < -0.39 is 21.7 Å². The Morgan fingerprint density at radius 2 is 1.69 bits per heavy atom. The van der Waals surface area contributed by atoms with Crippen LogP contribution in [-0.4, -0.2) is 59.6 Å². The highest BCUT2D eigenvalue weighted by Gasteiger charge is 2.15. The molecule has 0 aliphatic rings. The van der Waals surface area contributed by atoms with Gasteiger partial charge in [-0.25, -0.2) is 8.42 Å². The topological polar surface area (TPSA) is 122 Å². The summed E-state index contributed by atoms with van der Waals surface area (Å²) in [5.74, 6) is 0.146. The molecule has 35 heavy (non-hydrogen) atoms. The summed E-state index contributed by atoms with van der Waals surface area (Å²) in [6.07, 6.45) is 3.90. The molecule has 0 spiro atoms. The van der Waals surface area contributed by atoms with Crippen LogP contribution in [0.5, 0.6) is 17.2 Å². The van der Waals surface area contributed by atoms with Crippen molar-refractivity contribution in [1.82, 2.24) is 4.57 Å². The largest absolute Gasteiger partial charge is 0.493 e. The van der Waals surface area contributed by atoms with Gasteiger partial charge in [-0.1, -0.05) is 11.3 Å². The number of esters is 1. The van der Waals surface area contributed by atoms with Crippen LogP contribution < -0.4 is 19.0 Å². The van der Waals surface area contributed by atoms with E-state index in [-0.39, 0.29) is 16.2 Å². The molecular formula is C23H24N2O8S2. The number of ether oxygens (including phenoxy) is 4. The first-order valence-electron chi connectivity index (χ1n) is 10.1. The minimum absolute atomic E-state index is 0.122. The van der Waals surface area contributed by atoms with Crippen LogP contribution in [0.4, 0.5) is 0 Å². The first-order chi connectivity index (χ1) is 16.6. The number of carbonyl (C=O) groups is 2. The Balaban J connectivity index is 2.05. The molecule has 1 amide bonds. The Morgan fingerprint density at radius 1 is 1.03 bits per heavy atom. The third-order valence-corrected chi connectivity index (χ3v) is 7.06. The van der Waals surface area contributed by atoms with Crippen LogP contribution in [0, 0.1) is 0 Å². The second-order valence-corrected chi connectivity index (χ2v) is 10.2. The standard InChI is InChI=1S/C23H24N2O8S2/c1-30-17-10-14(11-18(31-2)22(17)33-4)6-9-20(26)24-23-25(13-21(27)32-3)16-8-7-15(35(5,28)29)12-19(16)34-23/h6-12H,13H2,1-5H3/b9-6-,24-23?. The smallest absolute Gasteiger partial charge is 0.325 e. The van der Waals surface area contributed by atoms with Crippen molar-refractivity contribution >= 4 is 49.3 Å². The maximum Gasteiger partial charge on any atom is 0.325 e. The second-order valence-electron chi connectivity index (χ2n) is 7.19. The Morgan fingerprint density at radius 3 is 2.23 bits per heavy atom. The molecule has 0 radical (unpaired) electrons. The van der Waals surface area contributed by atoms with Crippen LogP contribution in [0.15, 0.2) is 46.3 Å². The first kappa shape index (κ1) is 26.0. The average molecular weight is 521 g/mol. The molecule has 12 heteroatoms. The summed E-state index contributed by atoms with van der Waals surface area (Å²) in [5.41, 5.74) is 1.16. The molecule has 0 saturated carbocycles.